The molecular weight excluding hydrogens is 548 g/mol. The highest BCUT2D eigenvalue weighted by atomic mass is 79.9. The predicted molar refractivity (Wildman–Crippen MR) is 138 cm³/mol. The summed E-state index contributed by atoms with van der Waals surface area (Å²) in [5, 5.41) is 26.4. The summed E-state index contributed by atoms with van der Waals surface area (Å²) in [5.74, 6) is -1.00. The van der Waals surface area contributed by atoms with E-state index in [0.29, 0.717) is 16.5 Å². The number of benzene rings is 4. The molecule has 1 atom stereocenters. The first-order valence-electron chi connectivity index (χ1n) is 10.2. The number of hydrogen-bond donors (Lipinski definition) is 3. The van der Waals surface area contributed by atoms with Crippen LogP contribution in [0, 0.1) is 0 Å². The van der Waals surface area contributed by atoms with Crippen molar-refractivity contribution in [2.75, 3.05) is 0 Å². The van der Waals surface area contributed by atoms with Crippen LogP contribution in [0.5, 0.6) is 11.5 Å². The molecule has 0 aromatic heterocycles. The Morgan fingerprint density at radius 2 is 1.61 bits per heavy atom. The van der Waals surface area contributed by atoms with Crippen LogP contribution >= 0.6 is 31.9 Å². The first kappa shape index (κ1) is 23.0. The summed E-state index contributed by atoms with van der Waals surface area (Å²) in [6.45, 7) is 0. The molecule has 4 rings (SSSR count). The molecule has 0 saturated heterocycles. The van der Waals surface area contributed by atoms with Gasteiger partial charge in [-0.1, -0.05) is 72.8 Å². The first-order valence-corrected chi connectivity index (χ1v) is 11.8. The topological polar surface area (TPSA) is 81.9 Å². The average molecular weight is 568 g/mol. The number of hydrazone groups is 1. The lowest BCUT2D eigenvalue weighted by Crippen LogP contribution is -2.27. The van der Waals surface area contributed by atoms with Crippen molar-refractivity contribution in [3.8, 4) is 11.5 Å². The van der Waals surface area contributed by atoms with Crippen molar-refractivity contribution in [1.29, 1.82) is 0 Å². The van der Waals surface area contributed by atoms with Gasteiger partial charge in [-0.05, 0) is 66.2 Å². The fourth-order valence-electron chi connectivity index (χ4n) is 3.61. The third kappa shape index (κ3) is 5.26. The lowest BCUT2D eigenvalue weighted by atomic mass is 9.90. The number of nitrogens with zero attached hydrogens (tertiary/aromatic N) is 1. The zero-order chi connectivity index (χ0) is 23.4. The minimum Gasteiger partial charge on any atom is -0.506 e. The van der Waals surface area contributed by atoms with Gasteiger partial charge in [0.05, 0.1) is 16.6 Å². The van der Waals surface area contributed by atoms with Gasteiger partial charge in [0.15, 0.2) is 0 Å². The van der Waals surface area contributed by atoms with E-state index in [9.17, 15) is 15.0 Å². The van der Waals surface area contributed by atoms with Crippen LogP contribution in [0.4, 0.5) is 0 Å². The molecule has 0 spiro atoms. The van der Waals surface area contributed by atoms with Crippen LogP contribution in [-0.2, 0) is 11.2 Å². The number of rotatable bonds is 6. The van der Waals surface area contributed by atoms with Gasteiger partial charge < -0.3 is 10.2 Å². The van der Waals surface area contributed by atoms with E-state index in [-0.39, 0.29) is 21.9 Å². The Morgan fingerprint density at radius 3 is 2.36 bits per heavy atom. The number of halogens is 2. The highest BCUT2D eigenvalue weighted by Crippen LogP contribution is 2.40. The quantitative estimate of drug-likeness (QED) is 0.190. The molecule has 4 aromatic rings. The largest absolute Gasteiger partial charge is 0.506 e. The maximum Gasteiger partial charge on any atom is 0.247 e. The second kappa shape index (κ2) is 10.2. The molecule has 5 nitrogen and oxygen atoms in total. The van der Waals surface area contributed by atoms with Crippen LogP contribution in [0.25, 0.3) is 10.8 Å². The van der Waals surface area contributed by atoms with Crippen LogP contribution in [-0.4, -0.2) is 22.3 Å². The van der Waals surface area contributed by atoms with Crippen LogP contribution in [0.15, 0.2) is 92.9 Å². The molecule has 7 heteroatoms. The number of nitrogens with one attached hydrogen (secondary N) is 1. The van der Waals surface area contributed by atoms with Gasteiger partial charge in [-0.3, -0.25) is 4.79 Å². The molecule has 3 N–H and O–H groups in total. The summed E-state index contributed by atoms with van der Waals surface area (Å²) in [5.41, 5.74) is 4.86. The predicted octanol–water partition coefficient (Wildman–Crippen LogP) is 6.25. The number of carbonyl (C=O) groups excluding carboxylic acids is 1. The number of carbonyl (C=O) groups is 1. The van der Waals surface area contributed by atoms with Crippen molar-refractivity contribution in [2.24, 2.45) is 5.10 Å². The Morgan fingerprint density at radius 1 is 0.909 bits per heavy atom. The monoisotopic (exact) mass is 566 g/mol. The smallest absolute Gasteiger partial charge is 0.247 e. The van der Waals surface area contributed by atoms with Crippen LogP contribution in [0.3, 0.4) is 0 Å². The third-order valence-electron chi connectivity index (χ3n) is 5.35. The normalized spacial score (nSPS) is 12.2. The van der Waals surface area contributed by atoms with E-state index in [2.05, 4.69) is 66.7 Å². The van der Waals surface area contributed by atoms with E-state index in [1.165, 1.54) is 12.3 Å². The van der Waals surface area contributed by atoms with Gasteiger partial charge in [-0.15, -0.1) is 0 Å². The number of phenols is 2. The average Bonchev–Trinajstić information content (AvgIpc) is 2.84. The third-order valence-corrected chi connectivity index (χ3v) is 6.70. The lowest BCUT2D eigenvalue weighted by Gasteiger charge is -2.16. The van der Waals surface area contributed by atoms with Crippen molar-refractivity contribution in [3.05, 3.63) is 104 Å². The lowest BCUT2D eigenvalue weighted by molar-refractivity contribution is -0.122. The zero-order valence-electron chi connectivity index (χ0n) is 17.4. The van der Waals surface area contributed by atoms with Gasteiger partial charge in [0.2, 0.25) is 5.91 Å². The molecular formula is C26H20Br2N2O3. The molecule has 0 bridgehead atoms. The highest BCUT2D eigenvalue weighted by Gasteiger charge is 2.21. The van der Waals surface area contributed by atoms with Gasteiger partial charge >= 0.3 is 0 Å². The number of aromatic hydroxyl groups is 2. The molecule has 1 amide bonds. The fraction of sp³-hybridized carbons (Fsp3) is 0.0769. The Hall–Kier alpha value is -3.16. The number of phenolic OH excluding ortho intramolecular Hbond substituents is 2. The SMILES string of the molecule is O=C(N/N=C\c1cc(Br)c(O)c(Br)c1O)C(Cc1ccc2ccccc2c1)c1ccccc1. The van der Waals surface area contributed by atoms with E-state index in [1.54, 1.807) is 0 Å². The molecule has 0 saturated carbocycles. The molecule has 0 aliphatic heterocycles. The van der Waals surface area contributed by atoms with E-state index in [4.69, 9.17) is 0 Å². The molecule has 4 aromatic carbocycles. The Bertz CT molecular complexity index is 1340. The van der Waals surface area contributed by atoms with Gasteiger partial charge in [-0.25, -0.2) is 5.43 Å². The van der Waals surface area contributed by atoms with Crippen molar-refractivity contribution >= 4 is 54.8 Å². The van der Waals surface area contributed by atoms with E-state index >= 15 is 0 Å². The number of amides is 1. The molecule has 1 unspecified atom stereocenters. The van der Waals surface area contributed by atoms with Gasteiger partial charge in [0, 0.05) is 5.56 Å². The second-order valence-corrected chi connectivity index (χ2v) is 9.19. The molecule has 0 radical (unpaired) electrons. The van der Waals surface area contributed by atoms with Crippen molar-refractivity contribution in [3.63, 3.8) is 0 Å². The van der Waals surface area contributed by atoms with Gasteiger partial charge in [0.25, 0.3) is 0 Å². The molecule has 166 valence electrons. The van der Waals surface area contributed by atoms with E-state index in [0.717, 1.165) is 21.9 Å². The van der Waals surface area contributed by atoms with Gasteiger partial charge in [-0.2, -0.15) is 5.10 Å². The summed E-state index contributed by atoms with van der Waals surface area (Å²) >= 11 is 6.35. The maximum atomic E-state index is 13.1. The van der Waals surface area contributed by atoms with E-state index in [1.807, 2.05) is 48.5 Å². The van der Waals surface area contributed by atoms with Crippen molar-refractivity contribution < 1.29 is 15.0 Å². The Balaban J connectivity index is 1.57. The summed E-state index contributed by atoms with van der Waals surface area (Å²) in [6.07, 6.45) is 1.85. The van der Waals surface area contributed by atoms with Crippen LogP contribution < -0.4 is 5.43 Å². The van der Waals surface area contributed by atoms with Crippen LogP contribution in [0.1, 0.15) is 22.6 Å². The molecule has 0 aliphatic carbocycles. The number of hydrogen-bond acceptors (Lipinski definition) is 4. The fourth-order valence-corrected chi connectivity index (χ4v) is 4.76. The van der Waals surface area contributed by atoms with Crippen molar-refractivity contribution in [2.45, 2.75) is 12.3 Å². The maximum absolute atomic E-state index is 13.1. The first-order chi connectivity index (χ1) is 15.9. The summed E-state index contributed by atoms with van der Waals surface area (Å²) in [6, 6.07) is 25.4. The van der Waals surface area contributed by atoms with E-state index < -0.39 is 5.92 Å². The Labute approximate surface area is 208 Å². The minimum atomic E-state index is -0.448. The standard InChI is InChI=1S/C26H20Br2N2O3/c27-22-14-20(24(31)23(28)25(22)32)15-29-30-26(33)21(18-7-2-1-3-8-18)13-16-10-11-17-6-4-5-9-19(17)12-16/h1-12,14-15,21,31-32H,13H2,(H,30,33)/b29-15-. The summed E-state index contributed by atoms with van der Waals surface area (Å²) in [7, 11) is 0. The number of fused-ring (bicyclic) bond motifs is 1. The zero-order valence-corrected chi connectivity index (χ0v) is 20.5. The molecule has 0 aliphatic rings. The van der Waals surface area contributed by atoms with Crippen LogP contribution in [0.2, 0.25) is 0 Å². The van der Waals surface area contributed by atoms with Crippen molar-refractivity contribution in [1.82, 2.24) is 5.43 Å². The molecule has 33 heavy (non-hydrogen) atoms. The Kier molecular flexibility index (Phi) is 7.11. The highest BCUT2D eigenvalue weighted by molar-refractivity contribution is 9.11. The second-order valence-electron chi connectivity index (χ2n) is 7.54. The summed E-state index contributed by atoms with van der Waals surface area (Å²) < 4.78 is 0.529. The molecule has 0 fully saturated rings. The van der Waals surface area contributed by atoms with Gasteiger partial charge in [0.1, 0.15) is 16.0 Å². The minimum absolute atomic E-state index is 0.117. The molecule has 0 heterocycles. The summed E-state index contributed by atoms with van der Waals surface area (Å²) in [4.78, 5) is 13.1.